The number of pyridine rings is 1. The number of thiazole rings is 1. The van der Waals surface area contributed by atoms with Crippen molar-refractivity contribution in [1.82, 2.24) is 15.2 Å². The number of aliphatic carboxylic acids is 2. The number of carboxylic acids is 2. The topological polar surface area (TPSA) is 188 Å². The molecule has 0 spiro atoms. The molecule has 0 bridgehead atoms. The Morgan fingerprint density at radius 2 is 2.08 bits per heavy atom. The summed E-state index contributed by atoms with van der Waals surface area (Å²) < 4.78 is 2.98. The van der Waals surface area contributed by atoms with E-state index in [1.807, 2.05) is 34.5 Å². The first-order chi connectivity index (χ1) is 19.0. The first-order valence-electron chi connectivity index (χ1n) is 11.7. The van der Waals surface area contributed by atoms with Crippen LogP contribution in [0.3, 0.4) is 0 Å². The fraction of sp³-hybridized carbons (Fsp3) is 0.292. The maximum absolute atomic E-state index is 13.2. The Balaban J connectivity index is 1.36. The molecule has 1 unspecified atom stereocenters. The molecule has 5 N–H and O–H groups in total. The first kappa shape index (κ1) is 27.5. The molecule has 40 heavy (non-hydrogen) atoms. The molecule has 3 aromatic rings. The number of fused-ring (bicyclic) bond motifs is 2. The SMILES string of the molecule is CC(C)(ON=C(C(=O)NC1C(=O)N2C(C(=O)O)=C(C[n+]3ccc4sccc4c3)CS[C@@H]12)c1csc(N)n1)C(=O)O. The van der Waals surface area contributed by atoms with Gasteiger partial charge in [0.05, 0.1) is 5.39 Å². The van der Waals surface area contributed by atoms with Crippen molar-refractivity contribution >= 4 is 79.1 Å². The van der Waals surface area contributed by atoms with Gasteiger partial charge in [-0.1, -0.05) is 5.16 Å². The molecule has 2 atom stereocenters. The minimum Gasteiger partial charge on any atom is -0.478 e. The molecule has 0 aromatic carbocycles. The van der Waals surface area contributed by atoms with E-state index >= 15 is 0 Å². The Kier molecular flexibility index (Phi) is 7.24. The van der Waals surface area contributed by atoms with Gasteiger partial charge in [0.2, 0.25) is 5.60 Å². The summed E-state index contributed by atoms with van der Waals surface area (Å²) in [6.07, 6.45) is 3.79. The molecule has 1 fully saturated rings. The van der Waals surface area contributed by atoms with Crippen LogP contribution in [-0.4, -0.2) is 72.3 Å². The van der Waals surface area contributed by atoms with Crippen molar-refractivity contribution in [2.45, 2.75) is 37.4 Å². The van der Waals surface area contributed by atoms with Gasteiger partial charge in [-0.3, -0.25) is 14.5 Å². The molecule has 2 aliphatic rings. The largest absolute Gasteiger partial charge is 0.478 e. The van der Waals surface area contributed by atoms with Crippen LogP contribution in [0.4, 0.5) is 5.13 Å². The second kappa shape index (κ2) is 10.5. The number of β-lactam (4-membered cyclic amide) rings is 1. The van der Waals surface area contributed by atoms with Crippen molar-refractivity contribution in [2.24, 2.45) is 5.16 Å². The fourth-order valence-electron chi connectivity index (χ4n) is 4.09. The molecule has 13 nitrogen and oxygen atoms in total. The number of anilines is 1. The number of nitrogens with zero attached hydrogens (tertiary/aromatic N) is 4. The van der Waals surface area contributed by atoms with Crippen LogP contribution in [0.5, 0.6) is 0 Å². The number of hydrogen-bond acceptors (Lipinski definition) is 11. The number of nitrogens with one attached hydrogen (secondary N) is 1. The lowest BCUT2D eigenvalue weighted by Crippen LogP contribution is -2.71. The third-order valence-electron chi connectivity index (χ3n) is 6.22. The van der Waals surface area contributed by atoms with E-state index in [2.05, 4.69) is 15.5 Å². The third kappa shape index (κ3) is 5.12. The number of carboxylic acid groups (broad SMARTS) is 2. The van der Waals surface area contributed by atoms with E-state index in [-0.39, 0.29) is 28.8 Å². The molecule has 2 amide bonds. The molecule has 0 aliphatic carbocycles. The summed E-state index contributed by atoms with van der Waals surface area (Å²) in [4.78, 5) is 60.4. The van der Waals surface area contributed by atoms with Gasteiger partial charge < -0.3 is 26.1 Å². The number of amides is 2. The van der Waals surface area contributed by atoms with E-state index in [1.165, 1.54) is 35.9 Å². The number of carbonyl (C=O) groups is 4. The number of oxime groups is 1. The predicted molar refractivity (Wildman–Crippen MR) is 148 cm³/mol. The molecule has 2 aliphatic heterocycles. The molecular formula is C24H23N6O7S3+. The van der Waals surface area contributed by atoms with Gasteiger partial charge in [-0.2, -0.15) is 0 Å². The van der Waals surface area contributed by atoms with E-state index < -0.39 is 40.8 Å². The van der Waals surface area contributed by atoms with Gasteiger partial charge in [0.25, 0.3) is 11.8 Å². The van der Waals surface area contributed by atoms with Crippen molar-refractivity contribution in [3.05, 3.63) is 52.3 Å². The van der Waals surface area contributed by atoms with Crippen LogP contribution in [0.15, 0.2) is 51.7 Å². The van der Waals surface area contributed by atoms with Crippen molar-refractivity contribution in [3.63, 3.8) is 0 Å². The molecule has 3 aromatic heterocycles. The second-order valence-electron chi connectivity index (χ2n) is 9.39. The Labute approximate surface area is 238 Å². The van der Waals surface area contributed by atoms with Gasteiger partial charge in [0.1, 0.15) is 22.8 Å². The van der Waals surface area contributed by atoms with Crippen LogP contribution < -0.4 is 15.6 Å². The number of carbonyl (C=O) groups excluding carboxylic acids is 2. The fourth-order valence-corrected chi connectivity index (χ4v) is 6.73. The average Bonchev–Trinajstić information content (AvgIpc) is 3.55. The highest BCUT2D eigenvalue weighted by atomic mass is 32.2. The summed E-state index contributed by atoms with van der Waals surface area (Å²) >= 11 is 3.97. The molecule has 5 rings (SSSR count). The van der Waals surface area contributed by atoms with E-state index in [1.54, 1.807) is 11.3 Å². The molecule has 0 radical (unpaired) electrons. The van der Waals surface area contributed by atoms with Gasteiger partial charge in [0, 0.05) is 27.5 Å². The highest BCUT2D eigenvalue weighted by molar-refractivity contribution is 8.00. The van der Waals surface area contributed by atoms with Crippen LogP contribution in [-0.2, 0) is 30.6 Å². The zero-order valence-corrected chi connectivity index (χ0v) is 23.5. The quantitative estimate of drug-likeness (QED) is 0.120. The Hall–Kier alpha value is -4.02. The van der Waals surface area contributed by atoms with Crippen LogP contribution >= 0.6 is 34.4 Å². The van der Waals surface area contributed by atoms with E-state index in [0.29, 0.717) is 11.3 Å². The first-order valence-corrected chi connectivity index (χ1v) is 14.5. The minimum atomic E-state index is -1.75. The highest BCUT2D eigenvalue weighted by Crippen LogP contribution is 2.40. The maximum Gasteiger partial charge on any atom is 0.352 e. The number of hydrogen-bond donors (Lipinski definition) is 4. The van der Waals surface area contributed by atoms with Gasteiger partial charge in [-0.05, 0) is 25.3 Å². The summed E-state index contributed by atoms with van der Waals surface area (Å²) in [5, 5.41) is 29.6. The van der Waals surface area contributed by atoms with Gasteiger partial charge >= 0.3 is 11.9 Å². The number of aromatic nitrogens is 2. The molecule has 208 valence electrons. The lowest BCUT2D eigenvalue weighted by Gasteiger charge is -2.49. The van der Waals surface area contributed by atoms with Crippen LogP contribution in [0.1, 0.15) is 19.5 Å². The lowest BCUT2D eigenvalue weighted by atomic mass is 10.0. The third-order valence-corrected chi connectivity index (χ3v) is 9.13. The highest BCUT2D eigenvalue weighted by Gasteiger charge is 2.55. The van der Waals surface area contributed by atoms with Crippen molar-refractivity contribution < 1.29 is 38.8 Å². The van der Waals surface area contributed by atoms with E-state index in [9.17, 15) is 29.4 Å². The minimum absolute atomic E-state index is 0.0362. The summed E-state index contributed by atoms with van der Waals surface area (Å²) in [5.41, 5.74) is 4.06. The zero-order valence-electron chi connectivity index (χ0n) is 21.1. The molecular weight excluding hydrogens is 581 g/mol. The summed E-state index contributed by atoms with van der Waals surface area (Å²) in [6.45, 7) is 2.79. The number of nitrogens with two attached hydrogens (primary N) is 1. The van der Waals surface area contributed by atoms with Crippen LogP contribution in [0, 0.1) is 0 Å². The molecule has 5 heterocycles. The standard InChI is InChI=1S/C24H22N6O7S3/c1-24(2,22(35)36)37-28-15(13-10-40-23(25)26-13)18(31)27-16-19(32)30-17(21(33)34)12(9-39-20(16)30)8-29-5-3-14-11(7-29)4-6-38-14/h3-7,10,16,20H,8-9H2,1-2H3,(H4-,25,26,27,31,33,34,35,36)/p+1/t16?,20-/m0/s1. The van der Waals surface area contributed by atoms with Gasteiger partial charge in [-0.15, -0.1) is 34.4 Å². The van der Waals surface area contributed by atoms with Gasteiger partial charge in [0.15, 0.2) is 29.8 Å². The average molecular weight is 604 g/mol. The maximum atomic E-state index is 13.2. The Morgan fingerprint density at radius 3 is 2.75 bits per heavy atom. The molecule has 0 saturated carbocycles. The summed E-state index contributed by atoms with van der Waals surface area (Å²) in [7, 11) is 0. The summed E-state index contributed by atoms with van der Waals surface area (Å²) in [5.74, 6) is -3.66. The normalized spacial score (nSPS) is 19.3. The van der Waals surface area contributed by atoms with Crippen LogP contribution in [0.25, 0.3) is 10.1 Å². The van der Waals surface area contributed by atoms with Crippen molar-refractivity contribution in [1.29, 1.82) is 0 Å². The Bertz CT molecular complexity index is 1610. The van der Waals surface area contributed by atoms with Gasteiger partial charge in [-0.25, -0.2) is 19.1 Å². The Morgan fingerprint density at radius 1 is 1.30 bits per heavy atom. The van der Waals surface area contributed by atoms with Crippen LogP contribution in [0.2, 0.25) is 0 Å². The number of thioether (sulfide) groups is 1. The number of thiophene rings is 1. The summed E-state index contributed by atoms with van der Waals surface area (Å²) in [6, 6.07) is 2.89. The van der Waals surface area contributed by atoms with E-state index in [0.717, 1.165) is 21.4 Å². The van der Waals surface area contributed by atoms with Crippen molar-refractivity contribution in [3.8, 4) is 0 Å². The number of nitrogen functional groups attached to an aromatic ring is 1. The predicted octanol–water partition coefficient (Wildman–Crippen LogP) is 1.25. The lowest BCUT2D eigenvalue weighted by molar-refractivity contribution is -0.687. The smallest absolute Gasteiger partial charge is 0.352 e. The second-order valence-corrected chi connectivity index (χ2v) is 12.3. The van der Waals surface area contributed by atoms with Crippen molar-refractivity contribution in [2.75, 3.05) is 11.5 Å². The number of rotatable bonds is 9. The molecule has 1 saturated heterocycles. The van der Waals surface area contributed by atoms with E-state index in [4.69, 9.17) is 10.6 Å². The molecule has 16 heteroatoms. The zero-order chi connectivity index (χ0) is 28.8. The monoisotopic (exact) mass is 603 g/mol.